The molecule has 20 heavy (non-hydrogen) atoms. The summed E-state index contributed by atoms with van der Waals surface area (Å²) in [7, 11) is 0. The fourth-order valence-electron chi connectivity index (χ4n) is 3.10. The van der Waals surface area contributed by atoms with Gasteiger partial charge in [0.05, 0.1) is 0 Å². The van der Waals surface area contributed by atoms with Crippen LogP contribution in [-0.2, 0) is 6.42 Å². The van der Waals surface area contributed by atoms with Gasteiger partial charge in [0.1, 0.15) is 0 Å². The average molecular weight is 274 g/mol. The van der Waals surface area contributed by atoms with Gasteiger partial charge in [-0.3, -0.25) is 0 Å². The smallest absolute Gasteiger partial charge is 0.0399 e. The molecule has 1 heterocycles. The number of anilines is 1. The Kier molecular flexibility index (Phi) is 4.74. The Hall–Kier alpha value is -1.02. The summed E-state index contributed by atoms with van der Waals surface area (Å²) in [6.07, 6.45) is 3.33. The van der Waals surface area contributed by atoms with Crippen molar-refractivity contribution in [3.63, 3.8) is 0 Å². The lowest BCUT2D eigenvalue weighted by Gasteiger charge is -2.28. The lowest BCUT2D eigenvalue weighted by Crippen LogP contribution is -2.27. The van der Waals surface area contributed by atoms with E-state index in [1.54, 1.807) is 0 Å². The Bertz CT molecular complexity index is 433. The van der Waals surface area contributed by atoms with E-state index < -0.39 is 0 Å². The summed E-state index contributed by atoms with van der Waals surface area (Å²) in [6, 6.07) is 9.08. The Labute approximate surface area is 124 Å². The van der Waals surface area contributed by atoms with Gasteiger partial charge in [0, 0.05) is 24.8 Å². The second-order valence-corrected chi connectivity index (χ2v) is 7.30. The third-order valence-electron chi connectivity index (χ3n) is 4.75. The molecule has 1 aliphatic rings. The predicted molar refractivity (Wildman–Crippen MR) is 88.2 cm³/mol. The van der Waals surface area contributed by atoms with E-state index in [4.69, 9.17) is 5.73 Å². The van der Waals surface area contributed by atoms with Crippen LogP contribution in [0, 0.1) is 11.3 Å². The maximum Gasteiger partial charge on any atom is 0.0399 e. The topological polar surface area (TPSA) is 29.3 Å². The summed E-state index contributed by atoms with van der Waals surface area (Å²) in [4.78, 5) is 2.56. The first-order valence-electron chi connectivity index (χ1n) is 8.00. The van der Waals surface area contributed by atoms with E-state index >= 15 is 0 Å². The van der Waals surface area contributed by atoms with Crippen molar-refractivity contribution in [1.29, 1.82) is 0 Å². The predicted octanol–water partition coefficient (Wildman–Crippen LogP) is 3.84. The largest absolute Gasteiger partial charge is 0.371 e. The minimum atomic E-state index is 0.275. The Morgan fingerprint density at radius 3 is 2.60 bits per heavy atom. The number of benzene rings is 1. The van der Waals surface area contributed by atoms with Crippen molar-refractivity contribution in [2.45, 2.75) is 53.0 Å². The third-order valence-corrected chi connectivity index (χ3v) is 4.75. The fraction of sp³-hybridized carbons (Fsp3) is 0.667. The maximum absolute atomic E-state index is 6.15. The molecule has 1 fully saturated rings. The number of nitrogens with two attached hydrogens (primary N) is 1. The first-order valence-corrected chi connectivity index (χ1v) is 8.00. The van der Waals surface area contributed by atoms with Crippen molar-refractivity contribution in [2.24, 2.45) is 17.1 Å². The highest BCUT2D eigenvalue weighted by Gasteiger charge is 2.32. The van der Waals surface area contributed by atoms with Crippen molar-refractivity contribution in [3.05, 3.63) is 29.8 Å². The van der Waals surface area contributed by atoms with Crippen LogP contribution < -0.4 is 10.6 Å². The molecule has 1 saturated heterocycles. The molecule has 1 aromatic rings. The summed E-state index contributed by atoms with van der Waals surface area (Å²) < 4.78 is 0. The number of hydrogen-bond acceptors (Lipinski definition) is 2. The highest BCUT2D eigenvalue weighted by molar-refractivity contribution is 5.54. The zero-order valence-electron chi connectivity index (χ0n) is 13.5. The van der Waals surface area contributed by atoms with Gasteiger partial charge in [0.2, 0.25) is 0 Å². The van der Waals surface area contributed by atoms with Gasteiger partial charge in [-0.05, 0) is 42.2 Å². The van der Waals surface area contributed by atoms with Gasteiger partial charge in [0.25, 0.3) is 0 Å². The second-order valence-electron chi connectivity index (χ2n) is 7.30. The minimum absolute atomic E-state index is 0.275. The molecule has 0 saturated carbocycles. The summed E-state index contributed by atoms with van der Waals surface area (Å²) in [5.74, 6) is 0.787. The molecule has 2 atom stereocenters. The zero-order valence-corrected chi connectivity index (χ0v) is 13.5. The molecule has 0 bridgehead atoms. The second kappa shape index (κ2) is 6.17. The molecule has 0 radical (unpaired) electrons. The van der Waals surface area contributed by atoms with E-state index in [-0.39, 0.29) is 6.04 Å². The molecule has 2 N–H and O–H groups in total. The fourth-order valence-corrected chi connectivity index (χ4v) is 3.10. The van der Waals surface area contributed by atoms with Gasteiger partial charge in [-0.25, -0.2) is 0 Å². The zero-order chi connectivity index (χ0) is 14.8. The molecule has 0 amide bonds. The first kappa shape index (κ1) is 15.4. The van der Waals surface area contributed by atoms with Crippen LogP contribution >= 0.6 is 0 Å². The van der Waals surface area contributed by atoms with Crippen molar-refractivity contribution >= 4 is 5.69 Å². The molecule has 1 aromatic carbocycles. The van der Waals surface area contributed by atoms with Crippen LogP contribution in [0.1, 0.15) is 46.1 Å². The molecule has 2 unspecified atom stereocenters. The standard InChI is InChI=1S/C18H30N2/c1-5-16(19)12-14-8-6-7-9-17(14)20-11-10-15(13-20)18(2,3)4/h6-9,15-16H,5,10-13,19H2,1-4H3. The van der Waals surface area contributed by atoms with E-state index in [0.717, 1.165) is 18.8 Å². The number of nitrogens with zero attached hydrogens (tertiary/aromatic N) is 1. The van der Waals surface area contributed by atoms with E-state index in [1.165, 1.54) is 30.8 Å². The van der Waals surface area contributed by atoms with Crippen molar-refractivity contribution in [2.75, 3.05) is 18.0 Å². The molecular formula is C18H30N2. The molecule has 2 nitrogen and oxygen atoms in total. The molecule has 112 valence electrons. The summed E-state index contributed by atoms with van der Waals surface area (Å²) in [5, 5.41) is 0. The summed E-state index contributed by atoms with van der Waals surface area (Å²) in [6.45, 7) is 11.6. The van der Waals surface area contributed by atoms with Crippen LogP contribution in [0.2, 0.25) is 0 Å². The van der Waals surface area contributed by atoms with E-state index in [0.29, 0.717) is 5.41 Å². The highest BCUT2D eigenvalue weighted by atomic mass is 15.2. The average Bonchev–Trinajstić information content (AvgIpc) is 2.88. The van der Waals surface area contributed by atoms with E-state index in [1.807, 2.05) is 0 Å². The molecule has 0 spiro atoms. The van der Waals surface area contributed by atoms with Crippen LogP contribution in [0.4, 0.5) is 5.69 Å². The molecule has 2 rings (SSSR count). The molecule has 0 aromatic heterocycles. The molecule has 0 aliphatic carbocycles. The van der Waals surface area contributed by atoms with Crippen LogP contribution in [0.5, 0.6) is 0 Å². The third kappa shape index (κ3) is 3.54. The molecular weight excluding hydrogens is 244 g/mol. The van der Waals surface area contributed by atoms with E-state index in [2.05, 4.69) is 56.9 Å². The SMILES string of the molecule is CCC(N)Cc1ccccc1N1CCC(C(C)(C)C)C1. The lowest BCUT2D eigenvalue weighted by molar-refractivity contribution is 0.263. The lowest BCUT2D eigenvalue weighted by atomic mass is 9.80. The minimum Gasteiger partial charge on any atom is -0.371 e. The van der Waals surface area contributed by atoms with E-state index in [9.17, 15) is 0 Å². The van der Waals surface area contributed by atoms with Crippen LogP contribution in [0.25, 0.3) is 0 Å². The number of para-hydroxylation sites is 1. The Morgan fingerprint density at radius 2 is 2.00 bits per heavy atom. The first-order chi connectivity index (χ1) is 9.41. The maximum atomic E-state index is 6.15. The van der Waals surface area contributed by atoms with Gasteiger partial charge < -0.3 is 10.6 Å². The monoisotopic (exact) mass is 274 g/mol. The summed E-state index contributed by atoms with van der Waals surface area (Å²) in [5.41, 5.74) is 9.38. The molecule has 2 heteroatoms. The van der Waals surface area contributed by atoms with Crippen LogP contribution in [0.15, 0.2) is 24.3 Å². The Balaban J connectivity index is 2.14. The Morgan fingerprint density at radius 1 is 1.30 bits per heavy atom. The van der Waals surface area contributed by atoms with Gasteiger partial charge in [-0.1, -0.05) is 45.9 Å². The van der Waals surface area contributed by atoms with Crippen molar-refractivity contribution < 1.29 is 0 Å². The quantitative estimate of drug-likeness (QED) is 0.904. The van der Waals surface area contributed by atoms with Crippen molar-refractivity contribution in [3.8, 4) is 0 Å². The highest BCUT2D eigenvalue weighted by Crippen LogP contribution is 2.36. The van der Waals surface area contributed by atoms with Gasteiger partial charge in [0.15, 0.2) is 0 Å². The number of rotatable bonds is 4. The number of hydrogen-bond donors (Lipinski definition) is 1. The van der Waals surface area contributed by atoms with Crippen LogP contribution in [-0.4, -0.2) is 19.1 Å². The van der Waals surface area contributed by atoms with Crippen LogP contribution in [0.3, 0.4) is 0 Å². The van der Waals surface area contributed by atoms with Gasteiger partial charge in [-0.15, -0.1) is 0 Å². The molecule has 1 aliphatic heterocycles. The normalized spacial score (nSPS) is 21.2. The van der Waals surface area contributed by atoms with Gasteiger partial charge >= 0.3 is 0 Å². The van der Waals surface area contributed by atoms with Gasteiger partial charge in [-0.2, -0.15) is 0 Å². The van der Waals surface area contributed by atoms with Crippen molar-refractivity contribution in [1.82, 2.24) is 0 Å². The summed E-state index contributed by atoms with van der Waals surface area (Å²) >= 11 is 0.